The number of methoxy groups -OCH3 is 1. The van der Waals surface area contributed by atoms with E-state index in [9.17, 15) is 9.59 Å². The molecule has 78 valence electrons. The van der Waals surface area contributed by atoms with Gasteiger partial charge < -0.3 is 4.74 Å². The quantitative estimate of drug-likeness (QED) is 0.624. The molecule has 0 fully saturated rings. The van der Waals surface area contributed by atoms with Gasteiger partial charge in [0.15, 0.2) is 0 Å². The number of hydrogen-bond donors (Lipinski definition) is 0. The zero-order chi connectivity index (χ0) is 10.1. The normalized spacial score (nSPS) is 11.9. The lowest BCUT2D eigenvalue weighted by molar-refractivity contribution is -0.112. The summed E-state index contributed by atoms with van der Waals surface area (Å²) in [6.45, 7) is 0. The van der Waals surface area contributed by atoms with Crippen molar-refractivity contribution in [2.75, 3.05) is 7.11 Å². The van der Waals surface area contributed by atoms with Gasteiger partial charge in [0.1, 0.15) is 0 Å². The molecule has 5 heteroatoms. The molecule has 15 heavy (non-hydrogen) atoms. The van der Waals surface area contributed by atoms with Crippen molar-refractivity contribution in [1.29, 1.82) is 0 Å². The minimum Gasteiger partial charge on any atom is -0.465 e. The number of nitrogens with zero attached hydrogens (tertiary/aromatic N) is 1. The number of esters is 1. The first kappa shape index (κ1) is 11.4. The van der Waals surface area contributed by atoms with E-state index in [1.54, 1.807) is 18.2 Å². The lowest BCUT2D eigenvalue weighted by Crippen LogP contribution is -2.22. The monoisotopic (exact) mass is 225 g/mol. The highest BCUT2D eigenvalue weighted by atomic mass is 35.5. The Balaban J connectivity index is 0.00000112. The van der Waals surface area contributed by atoms with E-state index in [0.29, 0.717) is 10.9 Å². The highest BCUT2D eigenvalue weighted by Gasteiger charge is 2.08. The third kappa shape index (κ3) is 2.05. The number of rotatable bonds is 1. The minimum atomic E-state index is -0.428. The molecule has 1 amide bonds. The van der Waals surface area contributed by atoms with Crippen LogP contribution in [0.15, 0.2) is 23.2 Å². The van der Waals surface area contributed by atoms with Crippen LogP contribution in [0.4, 0.5) is 0 Å². The number of amides is 1. The summed E-state index contributed by atoms with van der Waals surface area (Å²) >= 11 is 0. The molecule has 1 aliphatic heterocycles. The molecule has 0 unspecified atom stereocenters. The fraction of sp³-hybridized carbons (Fsp3) is 0.100. The van der Waals surface area contributed by atoms with Crippen LogP contribution in [0.3, 0.4) is 0 Å². The number of benzene rings is 1. The van der Waals surface area contributed by atoms with E-state index in [1.165, 1.54) is 13.2 Å². The van der Waals surface area contributed by atoms with Crippen molar-refractivity contribution in [1.82, 2.24) is 0 Å². The summed E-state index contributed by atoms with van der Waals surface area (Å²) in [6.07, 6.45) is 1.43. The average Bonchev–Trinajstić information content (AvgIpc) is 2.55. The van der Waals surface area contributed by atoms with Crippen molar-refractivity contribution in [2.24, 2.45) is 4.99 Å². The Morgan fingerprint density at radius 1 is 1.40 bits per heavy atom. The number of ether oxygens (including phenoxy) is 1. The van der Waals surface area contributed by atoms with Gasteiger partial charge in [-0.25, -0.2) is 9.79 Å². The first-order chi connectivity index (χ1) is 6.70. The van der Waals surface area contributed by atoms with Gasteiger partial charge in [-0.05, 0) is 12.1 Å². The zero-order valence-electron chi connectivity index (χ0n) is 7.89. The predicted molar refractivity (Wildman–Crippen MR) is 55.3 cm³/mol. The van der Waals surface area contributed by atoms with Crippen molar-refractivity contribution in [3.05, 3.63) is 34.3 Å². The van der Waals surface area contributed by atoms with Crippen molar-refractivity contribution < 1.29 is 14.3 Å². The van der Waals surface area contributed by atoms with E-state index in [1.807, 2.05) is 0 Å². The molecular weight excluding hydrogens is 218 g/mol. The molecule has 0 N–H and O–H groups in total. The second-order valence-electron chi connectivity index (χ2n) is 2.86. The molecule has 4 nitrogen and oxygen atoms in total. The third-order valence-corrected chi connectivity index (χ3v) is 1.96. The van der Waals surface area contributed by atoms with Crippen molar-refractivity contribution >= 4 is 30.4 Å². The van der Waals surface area contributed by atoms with Gasteiger partial charge in [-0.3, -0.25) is 4.79 Å². The van der Waals surface area contributed by atoms with Crippen LogP contribution >= 0.6 is 12.4 Å². The molecule has 0 spiro atoms. The standard InChI is InChI=1S/C10H7NO3.ClH/c1-14-10(13)7-3-2-6-5-9(12)11-8(6)4-7;/h2-5H,1H3;1H. The maximum atomic E-state index is 11.1. The topological polar surface area (TPSA) is 55.7 Å². The molecule has 0 aromatic heterocycles. The van der Waals surface area contributed by atoms with Crippen LogP contribution < -0.4 is 10.6 Å². The van der Waals surface area contributed by atoms with E-state index < -0.39 is 5.97 Å². The van der Waals surface area contributed by atoms with Crippen LogP contribution in [0.2, 0.25) is 0 Å². The summed E-state index contributed by atoms with van der Waals surface area (Å²) in [5, 5.41) is 1.26. The summed E-state index contributed by atoms with van der Waals surface area (Å²) in [7, 11) is 1.31. The molecule has 0 bridgehead atoms. The highest BCUT2D eigenvalue weighted by molar-refractivity contribution is 6.06. The lowest BCUT2D eigenvalue weighted by atomic mass is 10.2. The Morgan fingerprint density at radius 2 is 2.13 bits per heavy atom. The molecule has 0 saturated carbocycles. The van der Waals surface area contributed by atoms with Crippen molar-refractivity contribution in [3.63, 3.8) is 0 Å². The predicted octanol–water partition coefficient (Wildman–Crippen LogP) is -0.165. The summed E-state index contributed by atoms with van der Waals surface area (Å²) in [5.41, 5.74) is 0.401. The largest absolute Gasteiger partial charge is 0.465 e. The molecule has 2 rings (SSSR count). The SMILES string of the molecule is COC(=O)c1ccc2c(c1)=NC(=O)C=2.Cl. The molecule has 1 aromatic carbocycles. The lowest BCUT2D eigenvalue weighted by Gasteiger charge is -1.96. The van der Waals surface area contributed by atoms with E-state index in [-0.39, 0.29) is 18.3 Å². The zero-order valence-corrected chi connectivity index (χ0v) is 8.71. The summed E-state index contributed by atoms with van der Waals surface area (Å²) in [4.78, 5) is 25.8. The van der Waals surface area contributed by atoms with E-state index in [4.69, 9.17) is 0 Å². The van der Waals surface area contributed by atoms with Crippen LogP contribution in [0.25, 0.3) is 6.08 Å². The third-order valence-electron chi connectivity index (χ3n) is 1.96. The van der Waals surface area contributed by atoms with Gasteiger partial charge in [0.25, 0.3) is 5.91 Å². The van der Waals surface area contributed by atoms with E-state index in [2.05, 4.69) is 9.73 Å². The Morgan fingerprint density at radius 3 is 2.80 bits per heavy atom. The van der Waals surface area contributed by atoms with Crippen molar-refractivity contribution in [3.8, 4) is 0 Å². The van der Waals surface area contributed by atoms with Gasteiger partial charge >= 0.3 is 5.97 Å². The number of carbonyl (C=O) groups excluding carboxylic acids is 2. The van der Waals surface area contributed by atoms with Gasteiger partial charge in [-0.2, -0.15) is 0 Å². The fourth-order valence-electron chi connectivity index (χ4n) is 1.29. The van der Waals surface area contributed by atoms with Gasteiger partial charge in [0.2, 0.25) is 0 Å². The molecule has 0 radical (unpaired) electrons. The van der Waals surface area contributed by atoms with Crippen LogP contribution in [-0.2, 0) is 9.53 Å². The number of hydrogen-bond acceptors (Lipinski definition) is 3. The fourth-order valence-corrected chi connectivity index (χ4v) is 1.29. The smallest absolute Gasteiger partial charge is 0.337 e. The average molecular weight is 226 g/mol. The van der Waals surface area contributed by atoms with Crippen LogP contribution in [0.5, 0.6) is 0 Å². The van der Waals surface area contributed by atoms with Gasteiger partial charge in [0.05, 0.1) is 18.0 Å². The molecule has 0 atom stereocenters. The second-order valence-corrected chi connectivity index (χ2v) is 2.86. The van der Waals surface area contributed by atoms with Gasteiger partial charge in [0, 0.05) is 11.3 Å². The number of carbonyl (C=O) groups is 2. The number of fused-ring (bicyclic) bond motifs is 1. The first-order valence-electron chi connectivity index (χ1n) is 4.03. The maximum Gasteiger partial charge on any atom is 0.337 e. The summed E-state index contributed by atoms with van der Waals surface area (Å²) < 4.78 is 4.55. The Bertz CT molecular complexity index is 536. The van der Waals surface area contributed by atoms with E-state index >= 15 is 0 Å². The molecule has 1 aromatic rings. The van der Waals surface area contributed by atoms with Gasteiger partial charge in [-0.1, -0.05) is 6.07 Å². The molecule has 1 aliphatic rings. The van der Waals surface area contributed by atoms with E-state index in [0.717, 1.165) is 5.22 Å². The minimum absolute atomic E-state index is 0. The molecular formula is C10H8ClNO3. The summed E-state index contributed by atoms with van der Waals surface area (Å²) in [5.74, 6) is -0.718. The second kappa shape index (κ2) is 4.23. The molecule has 0 saturated heterocycles. The number of halogens is 1. The Kier molecular flexibility index (Phi) is 3.21. The molecule has 1 heterocycles. The van der Waals surface area contributed by atoms with Crippen molar-refractivity contribution in [2.45, 2.75) is 0 Å². The van der Waals surface area contributed by atoms with Gasteiger partial charge in [-0.15, -0.1) is 12.4 Å². The first-order valence-corrected chi connectivity index (χ1v) is 4.03. The highest BCUT2D eigenvalue weighted by Crippen LogP contribution is 1.96. The summed E-state index contributed by atoms with van der Waals surface area (Å²) in [6, 6.07) is 4.83. The van der Waals surface area contributed by atoms with Crippen LogP contribution in [-0.4, -0.2) is 19.0 Å². The molecule has 0 aliphatic carbocycles. The maximum absolute atomic E-state index is 11.1. The van der Waals surface area contributed by atoms with Crippen LogP contribution in [0, 0.1) is 0 Å². The van der Waals surface area contributed by atoms with Crippen LogP contribution in [0.1, 0.15) is 10.4 Å². The Hall–Kier alpha value is -1.68. The Labute approximate surface area is 91.7 Å².